The first-order valence-corrected chi connectivity index (χ1v) is 7.28. The van der Waals surface area contributed by atoms with Crippen LogP contribution in [0.25, 0.3) is 0 Å². The van der Waals surface area contributed by atoms with Crippen molar-refractivity contribution in [2.75, 3.05) is 26.3 Å². The van der Waals surface area contributed by atoms with E-state index in [1.54, 1.807) is 4.90 Å². The van der Waals surface area contributed by atoms with Crippen molar-refractivity contribution in [3.63, 3.8) is 0 Å². The number of esters is 1. The maximum Gasteiger partial charge on any atom is 0.341 e. The Labute approximate surface area is 130 Å². The minimum atomic E-state index is -0.858. The van der Waals surface area contributed by atoms with Gasteiger partial charge in [0.2, 0.25) is 0 Å². The lowest BCUT2D eigenvalue weighted by atomic mass is 10.2. The zero-order chi connectivity index (χ0) is 15.4. The number of halogens is 2. The molecular weight excluding hydrogens is 345 g/mol. The first kappa shape index (κ1) is 15.9. The van der Waals surface area contributed by atoms with Gasteiger partial charge in [0, 0.05) is 17.6 Å². The van der Waals surface area contributed by atoms with E-state index < -0.39 is 18.4 Å². The van der Waals surface area contributed by atoms with E-state index in [-0.39, 0.29) is 17.6 Å². The van der Waals surface area contributed by atoms with Crippen LogP contribution in [0.1, 0.15) is 17.3 Å². The van der Waals surface area contributed by atoms with E-state index in [1.165, 1.54) is 12.1 Å². The van der Waals surface area contributed by atoms with Crippen LogP contribution in [-0.4, -0.2) is 49.2 Å². The van der Waals surface area contributed by atoms with Gasteiger partial charge >= 0.3 is 5.97 Å². The van der Waals surface area contributed by atoms with E-state index in [1.807, 2.05) is 6.92 Å². The van der Waals surface area contributed by atoms with Crippen LogP contribution in [-0.2, 0) is 14.3 Å². The summed E-state index contributed by atoms with van der Waals surface area (Å²) < 4.78 is 24.3. The maximum atomic E-state index is 13.5. The summed E-state index contributed by atoms with van der Waals surface area (Å²) in [6.07, 6.45) is -0.0408. The summed E-state index contributed by atoms with van der Waals surface area (Å²) in [6.45, 7) is 2.84. The Morgan fingerprint density at radius 2 is 2.29 bits per heavy atom. The second-order valence-electron chi connectivity index (χ2n) is 4.72. The Morgan fingerprint density at radius 3 is 3.00 bits per heavy atom. The largest absolute Gasteiger partial charge is 0.452 e. The van der Waals surface area contributed by atoms with Gasteiger partial charge < -0.3 is 14.4 Å². The van der Waals surface area contributed by atoms with Crippen molar-refractivity contribution in [1.29, 1.82) is 0 Å². The zero-order valence-corrected chi connectivity index (χ0v) is 13.1. The Hall–Kier alpha value is -1.47. The molecule has 7 heteroatoms. The Bertz CT molecular complexity index is 552. The van der Waals surface area contributed by atoms with Gasteiger partial charge in [-0.25, -0.2) is 9.18 Å². The van der Waals surface area contributed by atoms with E-state index in [9.17, 15) is 14.0 Å². The van der Waals surface area contributed by atoms with Gasteiger partial charge in [0.05, 0.1) is 18.3 Å². The molecule has 1 unspecified atom stereocenters. The number of hydrogen-bond acceptors (Lipinski definition) is 4. The highest BCUT2D eigenvalue weighted by Gasteiger charge is 2.23. The quantitative estimate of drug-likeness (QED) is 0.774. The molecule has 0 radical (unpaired) electrons. The third-order valence-electron chi connectivity index (χ3n) is 3.07. The summed E-state index contributed by atoms with van der Waals surface area (Å²) in [5.74, 6) is -1.85. The molecule has 1 amide bonds. The fraction of sp³-hybridized carbons (Fsp3) is 0.429. The normalized spacial score (nSPS) is 18.4. The molecule has 0 spiro atoms. The molecule has 1 aliphatic rings. The Balaban J connectivity index is 1.91. The maximum absolute atomic E-state index is 13.5. The lowest BCUT2D eigenvalue weighted by molar-refractivity contribution is -0.141. The molecular formula is C14H15BrFNO4. The van der Waals surface area contributed by atoms with Gasteiger partial charge in [-0.15, -0.1) is 0 Å². The predicted molar refractivity (Wildman–Crippen MR) is 76.4 cm³/mol. The Kier molecular flexibility index (Phi) is 5.30. The van der Waals surface area contributed by atoms with E-state index in [0.29, 0.717) is 24.2 Å². The first-order valence-electron chi connectivity index (χ1n) is 6.49. The van der Waals surface area contributed by atoms with Crippen molar-refractivity contribution in [3.8, 4) is 0 Å². The van der Waals surface area contributed by atoms with Gasteiger partial charge in [-0.3, -0.25) is 4.79 Å². The summed E-state index contributed by atoms with van der Waals surface area (Å²) in [5, 5.41) is 0. The number of morpholine rings is 1. The van der Waals surface area contributed by atoms with Crippen molar-refractivity contribution in [3.05, 3.63) is 34.1 Å². The first-order chi connectivity index (χ1) is 9.97. The molecule has 0 aromatic heterocycles. The number of hydrogen-bond donors (Lipinski definition) is 0. The average Bonchev–Trinajstić information content (AvgIpc) is 2.47. The van der Waals surface area contributed by atoms with Crippen LogP contribution in [0.5, 0.6) is 0 Å². The highest BCUT2D eigenvalue weighted by molar-refractivity contribution is 9.10. The molecule has 21 heavy (non-hydrogen) atoms. The van der Waals surface area contributed by atoms with Crippen LogP contribution in [0.2, 0.25) is 0 Å². The van der Waals surface area contributed by atoms with E-state index >= 15 is 0 Å². The molecule has 0 N–H and O–H groups in total. The number of carbonyl (C=O) groups excluding carboxylic acids is 2. The van der Waals surface area contributed by atoms with Gasteiger partial charge in [0.25, 0.3) is 5.91 Å². The fourth-order valence-electron chi connectivity index (χ4n) is 2.00. The lowest BCUT2D eigenvalue weighted by Gasteiger charge is -2.30. The lowest BCUT2D eigenvalue weighted by Crippen LogP contribution is -2.46. The molecule has 114 valence electrons. The molecule has 0 saturated carbocycles. The summed E-state index contributed by atoms with van der Waals surface area (Å²) in [5.41, 5.74) is -0.201. The third kappa shape index (κ3) is 4.25. The van der Waals surface area contributed by atoms with Crippen molar-refractivity contribution >= 4 is 27.8 Å². The second kappa shape index (κ2) is 7.00. The molecule has 1 saturated heterocycles. The Morgan fingerprint density at radius 1 is 1.52 bits per heavy atom. The summed E-state index contributed by atoms with van der Waals surface area (Å²) in [7, 11) is 0. The van der Waals surface area contributed by atoms with Gasteiger partial charge in [0.15, 0.2) is 6.61 Å². The van der Waals surface area contributed by atoms with Crippen LogP contribution >= 0.6 is 15.9 Å². The van der Waals surface area contributed by atoms with Crippen LogP contribution in [0.4, 0.5) is 4.39 Å². The van der Waals surface area contributed by atoms with Crippen molar-refractivity contribution in [2.45, 2.75) is 13.0 Å². The van der Waals surface area contributed by atoms with Gasteiger partial charge in [-0.2, -0.15) is 0 Å². The molecule has 0 bridgehead atoms. The highest BCUT2D eigenvalue weighted by Crippen LogP contribution is 2.16. The zero-order valence-electron chi connectivity index (χ0n) is 11.5. The monoisotopic (exact) mass is 359 g/mol. The number of carbonyl (C=O) groups is 2. The van der Waals surface area contributed by atoms with Gasteiger partial charge in [-0.1, -0.05) is 15.9 Å². The van der Waals surface area contributed by atoms with E-state index in [4.69, 9.17) is 9.47 Å². The topological polar surface area (TPSA) is 55.8 Å². The molecule has 5 nitrogen and oxygen atoms in total. The highest BCUT2D eigenvalue weighted by atomic mass is 79.9. The molecule has 1 heterocycles. The predicted octanol–water partition coefficient (Wildman–Crippen LogP) is 1.99. The SMILES string of the molecule is CC1CN(C(=O)COC(=O)c2cc(Br)ccc2F)CCO1. The minimum absolute atomic E-state index is 0.0408. The molecule has 1 aromatic carbocycles. The number of benzene rings is 1. The van der Waals surface area contributed by atoms with Crippen molar-refractivity contribution < 1.29 is 23.5 Å². The molecule has 1 aliphatic heterocycles. The molecule has 0 aliphatic carbocycles. The summed E-state index contributed by atoms with van der Waals surface area (Å²) >= 11 is 3.15. The van der Waals surface area contributed by atoms with E-state index in [0.717, 1.165) is 6.07 Å². The third-order valence-corrected chi connectivity index (χ3v) is 3.56. The minimum Gasteiger partial charge on any atom is -0.452 e. The van der Waals surface area contributed by atoms with Crippen LogP contribution in [0.15, 0.2) is 22.7 Å². The van der Waals surface area contributed by atoms with Crippen LogP contribution < -0.4 is 0 Å². The molecule has 2 rings (SSSR count). The molecule has 1 atom stereocenters. The molecule has 1 aromatic rings. The van der Waals surface area contributed by atoms with Crippen LogP contribution in [0, 0.1) is 5.82 Å². The molecule has 1 fully saturated rings. The average molecular weight is 360 g/mol. The van der Waals surface area contributed by atoms with Gasteiger partial charge in [0.1, 0.15) is 5.82 Å². The number of amides is 1. The fourth-order valence-corrected chi connectivity index (χ4v) is 2.36. The number of nitrogens with zero attached hydrogens (tertiary/aromatic N) is 1. The number of rotatable bonds is 3. The van der Waals surface area contributed by atoms with Crippen molar-refractivity contribution in [1.82, 2.24) is 4.90 Å². The second-order valence-corrected chi connectivity index (χ2v) is 5.64. The van der Waals surface area contributed by atoms with Crippen LogP contribution in [0.3, 0.4) is 0 Å². The summed E-state index contributed by atoms with van der Waals surface area (Å²) in [4.78, 5) is 25.3. The smallest absolute Gasteiger partial charge is 0.341 e. The standard InChI is InChI=1S/C14H15BrFNO4/c1-9-7-17(4-5-20-9)13(18)8-21-14(19)11-6-10(15)2-3-12(11)16/h2-3,6,9H,4-5,7-8H2,1H3. The van der Waals surface area contributed by atoms with Crippen molar-refractivity contribution in [2.24, 2.45) is 0 Å². The van der Waals surface area contributed by atoms with Gasteiger partial charge in [-0.05, 0) is 25.1 Å². The number of ether oxygens (including phenoxy) is 2. The summed E-state index contributed by atoms with van der Waals surface area (Å²) in [6, 6.07) is 3.96. The van der Waals surface area contributed by atoms with E-state index in [2.05, 4.69) is 15.9 Å².